The topological polar surface area (TPSA) is 38.7 Å². The number of thioether (sulfide) groups is 2. The van der Waals surface area contributed by atoms with E-state index in [-0.39, 0.29) is 5.91 Å². The second-order valence-electron chi connectivity index (χ2n) is 5.92. The lowest BCUT2D eigenvalue weighted by Gasteiger charge is -2.07. The van der Waals surface area contributed by atoms with Gasteiger partial charge in [-0.1, -0.05) is 61.5 Å². The highest BCUT2D eigenvalue weighted by Gasteiger charge is 2.20. The van der Waals surface area contributed by atoms with Gasteiger partial charge in [-0.3, -0.25) is 4.79 Å². The molecule has 1 aliphatic heterocycles. The number of carbonyl (C=O) groups excluding carboxylic acids is 1. The fourth-order valence-corrected chi connectivity index (χ4v) is 3.97. The van der Waals surface area contributed by atoms with E-state index in [0.29, 0.717) is 11.5 Å². The van der Waals surface area contributed by atoms with Crippen LogP contribution in [0.25, 0.3) is 6.08 Å². The summed E-state index contributed by atoms with van der Waals surface area (Å²) in [4.78, 5) is 16.5. The van der Waals surface area contributed by atoms with Crippen LogP contribution in [0.3, 0.4) is 0 Å². The van der Waals surface area contributed by atoms with E-state index in [1.165, 1.54) is 29.1 Å². The zero-order valence-electron chi connectivity index (χ0n) is 14.9. The average molecular weight is 384 g/mol. The number of hydrogen-bond donors (Lipinski definition) is 0. The molecule has 0 atom stereocenters. The van der Waals surface area contributed by atoms with E-state index in [0.717, 1.165) is 34.1 Å². The molecule has 0 saturated heterocycles. The molecule has 0 fully saturated rings. The molecular formula is C21H21NO2S2. The predicted molar refractivity (Wildman–Crippen MR) is 113 cm³/mol. The van der Waals surface area contributed by atoms with Crippen molar-refractivity contribution in [2.45, 2.75) is 26.4 Å². The smallest absolute Gasteiger partial charge is 0.285 e. The van der Waals surface area contributed by atoms with Crippen molar-refractivity contribution in [1.29, 1.82) is 0 Å². The normalized spacial score (nSPS) is 15.4. The molecule has 0 saturated carbocycles. The first-order valence-corrected chi connectivity index (χ1v) is 10.6. The number of benzene rings is 2. The lowest BCUT2D eigenvalue weighted by atomic mass is 10.1. The van der Waals surface area contributed by atoms with Gasteiger partial charge in [0.2, 0.25) is 0 Å². The number of aryl methyl sites for hydroxylation is 1. The third-order valence-corrected chi connectivity index (χ3v) is 5.89. The summed E-state index contributed by atoms with van der Waals surface area (Å²) < 4.78 is 6.65. The fraction of sp³-hybridized carbons (Fsp3) is 0.238. The number of nitrogens with zero attached hydrogens (tertiary/aromatic N) is 1. The van der Waals surface area contributed by atoms with Crippen molar-refractivity contribution in [3.05, 3.63) is 70.1 Å². The molecule has 3 nitrogen and oxygen atoms in total. The van der Waals surface area contributed by atoms with Crippen molar-refractivity contribution >= 4 is 39.9 Å². The first-order valence-electron chi connectivity index (χ1n) is 8.55. The van der Waals surface area contributed by atoms with Gasteiger partial charge in [-0.05, 0) is 47.6 Å². The Morgan fingerprint density at radius 2 is 1.77 bits per heavy atom. The molecule has 0 unspecified atom stereocenters. The van der Waals surface area contributed by atoms with Gasteiger partial charge in [-0.2, -0.15) is 4.99 Å². The van der Waals surface area contributed by atoms with E-state index >= 15 is 0 Å². The number of ether oxygens (including phenoxy) is 1. The van der Waals surface area contributed by atoms with E-state index in [1.54, 1.807) is 0 Å². The Kier molecular flexibility index (Phi) is 6.58. The molecule has 0 bridgehead atoms. The van der Waals surface area contributed by atoms with E-state index in [1.807, 2.05) is 36.6 Å². The highest BCUT2D eigenvalue weighted by atomic mass is 32.2. The van der Waals surface area contributed by atoms with Crippen LogP contribution in [0.2, 0.25) is 0 Å². The minimum atomic E-state index is -0.161. The third kappa shape index (κ3) is 5.02. The van der Waals surface area contributed by atoms with Crippen molar-refractivity contribution in [2.24, 2.45) is 4.99 Å². The van der Waals surface area contributed by atoms with Crippen LogP contribution in [0.1, 0.15) is 30.0 Å². The van der Waals surface area contributed by atoms with Crippen LogP contribution in [0, 0.1) is 0 Å². The van der Waals surface area contributed by atoms with Crippen LogP contribution in [0.5, 0.6) is 5.75 Å². The number of hydrogen-bond acceptors (Lipinski definition) is 4. The van der Waals surface area contributed by atoms with Crippen molar-refractivity contribution in [3.63, 3.8) is 0 Å². The van der Waals surface area contributed by atoms with E-state index in [9.17, 15) is 4.79 Å². The van der Waals surface area contributed by atoms with Crippen LogP contribution in [0.4, 0.5) is 0 Å². The molecule has 0 aromatic heterocycles. The first kappa shape index (κ1) is 18.8. The minimum Gasteiger partial charge on any atom is -0.489 e. The molecule has 1 aliphatic rings. The second kappa shape index (κ2) is 9.10. The van der Waals surface area contributed by atoms with Crippen LogP contribution < -0.4 is 4.74 Å². The van der Waals surface area contributed by atoms with Gasteiger partial charge in [0.25, 0.3) is 5.91 Å². The number of amides is 1. The van der Waals surface area contributed by atoms with Crippen LogP contribution in [-0.2, 0) is 17.8 Å². The lowest BCUT2D eigenvalue weighted by Crippen LogP contribution is -1.96. The molecule has 5 heteroatoms. The van der Waals surface area contributed by atoms with Crippen molar-refractivity contribution in [2.75, 3.05) is 6.26 Å². The third-order valence-electron chi connectivity index (χ3n) is 3.92. The molecule has 0 spiro atoms. The summed E-state index contributed by atoms with van der Waals surface area (Å²) in [5, 5.41) is 0. The maximum atomic E-state index is 11.8. The second-order valence-corrected chi connectivity index (χ2v) is 8.01. The number of rotatable bonds is 6. The molecule has 2 aromatic carbocycles. The first-order chi connectivity index (χ1) is 12.7. The summed E-state index contributed by atoms with van der Waals surface area (Å²) in [5.41, 5.74) is 3.49. The summed E-state index contributed by atoms with van der Waals surface area (Å²) in [6.45, 7) is 2.73. The van der Waals surface area contributed by atoms with Gasteiger partial charge in [-0.15, -0.1) is 11.8 Å². The molecule has 0 radical (unpaired) electrons. The standard InChI is InChI=1S/C21H21NO2S2/c1-3-4-15-5-7-17(8-6-15)14-24-18-11-9-16(10-12-18)13-19-20(23)22-21(25-2)26-19/h5-13H,3-4,14H2,1-2H3/b19-13-. The summed E-state index contributed by atoms with van der Waals surface area (Å²) in [7, 11) is 0. The highest BCUT2D eigenvalue weighted by Crippen LogP contribution is 2.32. The van der Waals surface area contributed by atoms with Gasteiger partial charge in [0.1, 0.15) is 16.7 Å². The Balaban J connectivity index is 1.57. The Morgan fingerprint density at radius 3 is 2.38 bits per heavy atom. The Labute approximate surface area is 162 Å². The summed E-state index contributed by atoms with van der Waals surface area (Å²) >= 11 is 2.92. The molecule has 3 rings (SSSR count). The van der Waals surface area contributed by atoms with Gasteiger partial charge >= 0.3 is 0 Å². The molecule has 0 aliphatic carbocycles. The number of carbonyl (C=O) groups is 1. The van der Waals surface area contributed by atoms with E-state index in [2.05, 4.69) is 36.2 Å². The maximum Gasteiger partial charge on any atom is 0.285 e. The SMILES string of the molecule is CCCc1ccc(COc2ccc(/C=C3\SC(SC)=NC3=O)cc2)cc1. The highest BCUT2D eigenvalue weighted by molar-refractivity contribution is 8.40. The molecule has 1 amide bonds. The van der Waals surface area contributed by atoms with Gasteiger partial charge in [0.05, 0.1) is 4.91 Å². The van der Waals surface area contributed by atoms with Crippen LogP contribution in [0.15, 0.2) is 58.4 Å². The fourth-order valence-electron chi connectivity index (χ4n) is 2.55. The Morgan fingerprint density at radius 1 is 1.08 bits per heavy atom. The van der Waals surface area contributed by atoms with Gasteiger partial charge in [-0.25, -0.2) is 0 Å². The quantitative estimate of drug-likeness (QED) is 0.613. The Bertz CT molecular complexity index is 824. The van der Waals surface area contributed by atoms with Crippen molar-refractivity contribution in [3.8, 4) is 5.75 Å². The predicted octanol–water partition coefficient (Wildman–Crippen LogP) is 5.55. The van der Waals surface area contributed by atoms with Crippen LogP contribution in [-0.4, -0.2) is 16.5 Å². The molecule has 26 heavy (non-hydrogen) atoms. The summed E-state index contributed by atoms with van der Waals surface area (Å²) in [6.07, 6.45) is 6.07. The molecule has 0 N–H and O–H groups in total. The van der Waals surface area contributed by atoms with Crippen molar-refractivity contribution in [1.82, 2.24) is 0 Å². The minimum absolute atomic E-state index is 0.161. The molecule has 1 heterocycles. The zero-order chi connectivity index (χ0) is 18.4. The Hall–Kier alpha value is -1.98. The largest absolute Gasteiger partial charge is 0.489 e. The molecule has 2 aromatic rings. The zero-order valence-corrected chi connectivity index (χ0v) is 16.5. The van der Waals surface area contributed by atoms with Crippen LogP contribution >= 0.6 is 23.5 Å². The summed E-state index contributed by atoms with van der Waals surface area (Å²) in [5.74, 6) is 0.655. The number of aliphatic imine (C=N–C) groups is 1. The summed E-state index contributed by atoms with van der Waals surface area (Å²) in [6, 6.07) is 16.3. The van der Waals surface area contributed by atoms with Gasteiger partial charge < -0.3 is 4.74 Å². The monoisotopic (exact) mass is 383 g/mol. The molecule has 134 valence electrons. The maximum absolute atomic E-state index is 11.8. The average Bonchev–Trinajstić information content (AvgIpc) is 3.02. The van der Waals surface area contributed by atoms with Gasteiger partial charge in [0, 0.05) is 0 Å². The van der Waals surface area contributed by atoms with E-state index in [4.69, 9.17) is 4.74 Å². The van der Waals surface area contributed by atoms with Crippen molar-refractivity contribution < 1.29 is 9.53 Å². The molecular weight excluding hydrogens is 362 g/mol. The van der Waals surface area contributed by atoms with E-state index < -0.39 is 0 Å². The lowest BCUT2D eigenvalue weighted by molar-refractivity contribution is -0.113. The van der Waals surface area contributed by atoms with Gasteiger partial charge in [0.15, 0.2) is 0 Å².